The first-order chi connectivity index (χ1) is 7.58. The zero-order valence-electron chi connectivity index (χ0n) is 9.02. The van der Waals surface area contributed by atoms with Gasteiger partial charge in [0.15, 0.2) is 12.1 Å². The van der Waals surface area contributed by atoms with Crippen LogP contribution in [-0.4, -0.2) is 18.0 Å². The Balaban J connectivity index is 3.06. The molecule has 1 aromatic rings. The Morgan fingerprint density at radius 1 is 1.31 bits per heavy atom. The zero-order valence-corrected chi connectivity index (χ0v) is 9.02. The Bertz CT molecular complexity index is 435. The van der Waals surface area contributed by atoms with Crippen molar-refractivity contribution in [3.8, 4) is 5.75 Å². The fourth-order valence-corrected chi connectivity index (χ4v) is 1.12. The highest BCUT2D eigenvalue weighted by molar-refractivity contribution is 5.96. The Morgan fingerprint density at radius 3 is 2.50 bits per heavy atom. The number of rotatable bonds is 4. The summed E-state index contributed by atoms with van der Waals surface area (Å²) in [7, 11) is 0. The van der Waals surface area contributed by atoms with Crippen molar-refractivity contribution in [3.05, 3.63) is 35.7 Å². The molecule has 0 aliphatic rings. The smallest absolute Gasteiger partial charge is 0.314 e. The van der Waals surface area contributed by atoms with Crippen LogP contribution < -0.4 is 4.74 Å². The number of aldehydes is 1. The summed E-state index contributed by atoms with van der Waals surface area (Å²) >= 11 is 0. The van der Waals surface area contributed by atoms with Gasteiger partial charge in [0.05, 0.1) is 12.0 Å². The van der Waals surface area contributed by atoms with E-state index in [-0.39, 0.29) is 17.1 Å². The van der Waals surface area contributed by atoms with Crippen molar-refractivity contribution in [2.45, 2.75) is 13.8 Å². The Labute approximate surface area is 93.2 Å². The number of Topliss-reactive ketones (excluding diaryl/α,β-unsaturated/α-hetero) is 1. The molecule has 0 aliphatic heterocycles. The van der Waals surface area contributed by atoms with Crippen molar-refractivity contribution in [1.29, 1.82) is 0 Å². The highest BCUT2D eigenvalue weighted by Gasteiger charge is 2.10. The molecule has 0 saturated heterocycles. The van der Waals surface area contributed by atoms with Gasteiger partial charge in [-0.05, 0) is 25.1 Å². The standard InChI is InChI=1S/C12H11O4/c1-3-12(15)16-11-5-4-9(8(2)14)6-10(11)7-13/h3-7H,1-2H3. The molecule has 1 rings (SSSR count). The van der Waals surface area contributed by atoms with E-state index in [1.165, 1.54) is 38.5 Å². The van der Waals surface area contributed by atoms with Crippen LogP contribution >= 0.6 is 0 Å². The fraction of sp³-hybridized carbons (Fsp3) is 0.167. The first kappa shape index (κ1) is 12.1. The summed E-state index contributed by atoms with van der Waals surface area (Å²) in [6.07, 6.45) is 1.79. The van der Waals surface area contributed by atoms with Gasteiger partial charge in [-0.15, -0.1) is 0 Å². The molecule has 4 heteroatoms. The molecule has 1 aromatic carbocycles. The van der Waals surface area contributed by atoms with E-state index in [1.807, 2.05) is 0 Å². The van der Waals surface area contributed by atoms with Crippen LogP contribution in [0.5, 0.6) is 5.75 Å². The minimum atomic E-state index is -0.543. The second kappa shape index (κ2) is 5.21. The molecular formula is C12H11O4. The minimum absolute atomic E-state index is 0.150. The lowest BCUT2D eigenvalue weighted by Crippen LogP contribution is -2.08. The van der Waals surface area contributed by atoms with E-state index in [2.05, 4.69) is 0 Å². The topological polar surface area (TPSA) is 60.4 Å². The highest BCUT2D eigenvalue weighted by atomic mass is 16.5. The Hall–Kier alpha value is -1.97. The molecule has 4 nitrogen and oxygen atoms in total. The van der Waals surface area contributed by atoms with E-state index >= 15 is 0 Å². The van der Waals surface area contributed by atoms with E-state index in [0.717, 1.165) is 0 Å². The van der Waals surface area contributed by atoms with Crippen LogP contribution in [0, 0.1) is 6.42 Å². The molecule has 0 atom stereocenters. The third-order valence-electron chi connectivity index (χ3n) is 1.99. The molecule has 16 heavy (non-hydrogen) atoms. The van der Waals surface area contributed by atoms with Gasteiger partial charge in [0.25, 0.3) is 0 Å². The summed E-state index contributed by atoms with van der Waals surface area (Å²) in [5, 5.41) is 0. The number of benzene rings is 1. The van der Waals surface area contributed by atoms with Crippen molar-refractivity contribution < 1.29 is 19.1 Å². The van der Waals surface area contributed by atoms with Gasteiger partial charge in [-0.3, -0.25) is 14.4 Å². The summed E-state index contributed by atoms with van der Waals surface area (Å²) in [4.78, 5) is 32.8. The molecule has 0 unspecified atom stereocenters. The fourth-order valence-electron chi connectivity index (χ4n) is 1.12. The number of esters is 1. The first-order valence-corrected chi connectivity index (χ1v) is 4.69. The van der Waals surface area contributed by atoms with Crippen LogP contribution in [-0.2, 0) is 4.79 Å². The lowest BCUT2D eigenvalue weighted by atomic mass is 10.1. The van der Waals surface area contributed by atoms with Crippen molar-refractivity contribution in [2.75, 3.05) is 0 Å². The van der Waals surface area contributed by atoms with Crippen LogP contribution in [0.1, 0.15) is 34.6 Å². The molecule has 0 spiro atoms. The number of ether oxygens (including phenoxy) is 1. The van der Waals surface area contributed by atoms with Gasteiger partial charge in [0.2, 0.25) is 0 Å². The molecular weight excluding hydrogens is 208 g/mol. The van der Waals surface area contributed by atoms with E-state index < -0.39 is 5.97 Å². The predicted molar refractivity (Wildman–Crippen MR) is 57.4 cm³/mol. The largest absolute Gasteiger partial charge is 0.426 e. The third kappa shape index (κ3) is 2.76. The molecule has 0 saturated carbocycles. The number of carbonyl (C=O) groups excluding carboxylic acids is 3. The molecule has 83 valence electrons. The van der Waals surface area contributed by atoms with Gasteiger partial charge < -0.3 is 4.74 Å². The van der Waals surface area contributed by atoms with Gasteiger partial charge in [0.1, 0.15) is 5.75 Å². The first-order valence-electron chi connectivity index (χ1n) is 4.69. The molecule has 0 N–H and O–H groups in total. The average molecular weight is 219 g/mol. The number of hydrogen-bond acceptors (Lipinski definition) is 4. The third-order valence-corrected chi connectivity index (χ3v) is 1.99. The second-order valence-electron chi connectivity index (χ2n) is 3.14. The summed E-state index contributed by atoms with van der Waals surface area (Å²) in [5.74, 6) is -0.537. The van der Waals surface area contributed by atoms with Crippen LogP contribution in [0.25, 0.3) is 0 Å². The quantitative estimate of drug-likeness (QED) is 0.335. The Morgan fingerprint density at radius 2 is 2.00 bits per heavy atom. The maximum atomic E-state index is 11.1. The van der Waals surface area contributed by atoms with Gasteiger partial charge >= 0.3 is 5.97 Å². The second-order valence-corrected chi connectivity index (χ2v) is 3.14. The average Bonchev–Trinajstić information content (AvgIpc) is 2.29. The zero-order chi connectivity index (χ0) is 12.1. The Kier molecular flexibility index (Phi) is 3.94. The van der Waals surface area contributed by atoms with E-state index in [1.54, 1.807) is 0 Å². The molecule has 0 aliphatic carbocycles. The van der Waals surface area contributed by atoms with E-state index in [4.69, 9.17) is 4.74 Å². The van der Waals surface area contributed by atoms with Crippen LogP contribution in [0.2, 0.25) is 0 Å². The van der Waals surface area contributed by atoms with Gasteiger partial charge in [-0.2, -0.15) is 0 Å². The summed E-state index contributed by atoms with van der Waals surface area (Å²) in [6.45, 7) is 2.93. The highest BCUT2D eigenvalue weighted by Crippen LogP contribution is 2.19. The van der Waals surface area contributed by atoms with Crippen molar-refractivity contribution in [2.24, 2.45) is 0 Å². The maximum absolute atomic E-state index is 11.1. The monoisotopic (exact) mass is 219 g/mol. The summed E-state index contributed by atoms with van der Waals surface area (Å²) in [5.41, 5.74) is 0.588. The van der Waals surface area contributed by atoms with Crippen LogP contribution in [0.3, 0.4) is 0 Å². The van der Waals surface area contributed by atoms with Crippen LogP contribution in [0.4, 0.5) is 0 Å². The molecule has 0 bridgehead atoms. The van der Waals surface area contributed by atoms with E-state index in [9.17, 15) is 14.4 Å². The van der Waals surface area contributed by atoms with Crippen molar-refractivity contribution in [3.63, 3.8) is 0 Å². The molecule has 0 aromatic heterocycles. The van der Waals surface area contributed by atoms with Gasteiger partial charge in [0, 0.05) is 5.56 Å². The number of ketones is 1. The lowest BCUT2D eigenvalue weighted by Gasteiger charge is -2.06. The van der Waals surface area contributed by atoms with E-state index in [0.29, 0.717) is 11.8 Å². The van der Waals surface area contributed by atoms with Gasteiger partial charge in [-0.1, -0.05) is 6.92 Å². The summed E-state index contributed by atoms with van der Waals surface area (Å²) in [6, 6.07) is 4.34. The molecule has 0 fully saturated rings. The lowest BCUT2D eigenvalue weighted by molar-refractivity contribution is -0.130. The van der Waals surface area contributed by atoms with Gasteiger partial charge in [-0.25, -0.2) is 0 Å². The predicted octanol–water partition coefficient (Wildman–Crippen LogP) is 1.83. The number of carbonyl (C=O) groups is 3. The van der Waals surface area contributed by atoms with Crippen molar-refractivity contribution in [1.82, 2.24) is 0 Å². The normalized spacial score (nSPS) is 9.62. The maximum Gasteiger partial charge on any atom is 0.314 e. The SMILES string of the molecule is C[CH]C(=O)Oc1ccc(C(C)=O)cc1C=O. The minimum Gasteiger partial charge on any atom is -0.426 e. The molecule has 0 amide bonds. The van der Waals surface area contributed by atoms with Crippen LogP contribution in [0.15, 0.2) is 18.2 Å². The molecule has 0 heterocycles. The van der Waals surface area contributed by atoms with Crippen molar-refractivity contribution >= 4 is 18.0 Å². The number of hydrogen-bond donors (Lipinski definition) is 0. The molecule has 1 radical (unpaired) electrons. The summed E-state index contributed by atoms with van der Waals surface area (Å²) < 4.78 is 4.88.